The molecule has 9 nitrogen and oxygen atoms in total. The molecule has 0 radical (unpaired) electrons. The number of ether oxygens (including phenoxy) is 2. The Labute approximate surface area is 136 Å². The van der Waals surface area contributed by atoms with Crippen molar-refractivity contribution in [3.05, 3.63) is 26.9 Å². The number of carbonyl (C=O) groups is 1. The first-order chi connectivity index (χ1) is 10.9. The number of aliphatic hydroxyl groups is 2. The fourth-order valence-electron chi connectivity index (χ4n) is 2.29. The predicted molar refractivity (Wildman–Crippen MR) is 81.4 cm³/mol. The van der Waals surface area contributed by atoms with Crippen LogP contribution in [-0.4, -0.2) is 64.2 Å². The average Bonchev–Trinajstić information content (AvgIpc) is 2.84. The van der Waals surface area contributed by atoms with Gasteiger partial charge in [0.15, 0.2) is 11.0 Å². The van der Waals surface area contributed by atoms with Gasteiger partial charge < -0.3 is 25.0 Å². The Balaban J connectivity index is 2.33. The van der Waals surface area contributed by atoms with E-state index in [1.165, 1.54) is 17.8 Å². The van der Waals surface area contributed by atoms with E-state index in [9.17, 15) is 19.8 Å². The largest absolute Gasteiger partial charge is 0.394 e. The number of hydrogen-bond donors (Lipinski definition) is 4. The molecule has 0 spiro atoms. The quantitative estimate of drug-likeness (QED) is 0.483. The van der Waals surface area contributed by atoms with Crippen molar-refractivity contribution in [2.75, 3.05) is 20.3 Å². The number of H-pyrrole nitrogens is 1. The van der Waals surface area contributed by atoms with Crippen LogP contribution in [0.1, 0.15) is 11.8 Å². The lowest BCUT2D eigenvalue weighted by molar-refractivity contribution is -0.132. The van der Waals surface area contributed by atoms with Gasteiger partial charge in [-0.15, -0.1) is 0 Å². The van der Waals surface area contributed by atoms with Crippen molar-refractivity contribution in [1.29, 1.82) is 0 Å². The summed E-state index contributed by atoms with van der Waals surface area (Å²) < 4.78 is 12.5. The second kappa shape index (κ2) is 7.32. The van der Waals surface area contributed by atoms with Crippen molar-refractivity contribution in [3.8, 4) is 0 Å². The van der Waals surface area contributed by atoms with Gasteiger partial charge in [0.2, 0.25) is 5.91 Å². The van der Waals surface area contributed by atoms with E-state index in [0.717, 1.165) is 0 Å². The van der Waals surface area contributed by atoms with Crippen LogP contribution >= 0.6 is 12.2 Å². The highest BCUT2D eigenvalue weighted by atomic mass is 32.1. The molecule has 1 saturated heterocycles. The lowest BCUT2D eigenvalue weighted by Crippen LogP contribution is -2.38. The van der Waals surface area contributed by atoms with Gasteiger partial charge in [0.1, 0.15) is 24.9 Å². The number of likely N-dealkylation sites (N-methyl/N-ethyl adjacent to an activating group) is 1. The third-order valence-corrected chi connectivity index (χ3v) is 3.91. The second-order valence-electron chi connectivity index (χ2n) is 5.17. The van der Waals surface area contributed by atoms with E-state index in [-0.39, 0.29) is 22.8 Å². The van der Waals surface area contributed by atoms with Crippen molar-refractivity contribution in [2.24, 2.45) is 0 Å². The number of hydrogen-bond acceptors (Lipinski definition) is 7. The molecular weight excluding hydrogens is 326 g/mol. The highest BCUT2D eigenvalue weighted by Crippen LogP contribution is 2.31. The summed E-state index contributed by atoms with van der Waals surface area (Å²) in [6, 6.07) is 0. The molecule has 0 bridgehead atoms. The molecule has 0 saturated carbocycles. The van der Waals surface area contributed by atoms with Gasteiger partial charge in [0.25, 0.3) is 5.56 Å². The van der Waals surface area contributed by atoms with Crippen molar-refractivity contribution in [1.82, 2.24) is 14.9 Å². The molecule has 23 heavy (non-hydrogen) atoms. The molecule has 0 aromatic carbocycles. The van der Waals surface area contributed by atoms with E-state index >= 15 is 0 Å². The molecule has 128 valence electrons. The topological polar surface area (TPSA) is 126 Å². The molecule has 2 unspecified atom stereocenters. The van der Waals surface area contributed by atoms with Gasteiger partial charge in [0, 0.05) is 18.8 Å². The Bertz CT molecular complexity index is 687. The summed E-state index contributed by atoms with van der Waals surface area (Å²) in [7, 11) is 1.46. The first-order valence-electron chi connectivity index (χ1n) is 6.97. The molecule has 1 aliphatic heterocycles. The number of aryl methyl sites for hydroxylation is 1. The van der Waals surface area contributed by atoms with E-state index in [2.05, 4.69) is 10.3 Å². The van der Waals surface area contributed by atoms with Crippen LogP contribution in [0.4, 0.5) is 0 Å². The fraction of sp³-hybridized carbons (Fsp3) is 0.615. The minimum Gasteiger partial charge on any atom is -0.394 e. The Morgan fingerprint density at radius 2 is 2.30 bits per heavy atom. The lowest BCUT2D eigenvalue weighted by Gasteiger charge is -2.23. The molecule has 1 amide bonds. The number of aromatic nitrogens is 2. The molecule has 1 fully saturated rings. The monoisotopic (exact) mass is 345 g/mol. The predicted octanol–water partition coefficient (Wildman–Crippen LogP) is -1.40. The van der Waals surface area contributed by atoms with Gasteiger partial charge in [-0.05, 0) is 19.1 Å². The zero-order valence-electron chi connectivity index (χ0n) is 12.7. The molecule has 0 aliphatic carbocycles. The maximum atomic E-state index is 11.6. The van der Waals surface area contributed by atoms with Crippen molar-refractivity contribution >= 4 is 18.1 Å². The smallest absolute Gasteiger partial charge is 0.254 e. The van der Waals surface area contributed by atoms with Crippen LogP contribution in [0.25, 0.3) is 0 Å². The molecule has 10 heteroatoms. The standard InChI is InChI=1S/C13H19N3O6S/c1-6-3-16(13(23)15-11(6)20)12-10(21-5-8(18)14-2)9(19)7(4-17)22-12/h3,7,9-10,12,17,19H,4-5H2,1-2H3,(H,14,18)(H,15,20,23)/t7-,9?,10?,12-/m1/s1. The van der Waals surface area contributed by atoms with Gasteiger partial charge in [-0.1, -0.05) is 0 Å². The number of nitrogens with zero attached hydrogens (tertiary/aromatic N) is 1. The van der Waals surface area contributed by atoms with Gasteiger partial charge in [-0.3, -0.25) is 19.1 Å². The Morgan fingerprint density at radius 1 is 1.61 bits per heavy atom. The van der Waals surface area contributed by atoms with Crippen molar-refractivity contribution < 1.29 is 24.5 Å². The molecule has 1 aromatic heterocycles. The van der Waals surface area contributed by atoms with E-state index in [4.69, 9.17) is 21.7 Å². The highest BCUT2D eigenvalue weighted by molar-refractivity contribution is 7.71. The van der Waals surface area contributed by atoms with Gasteiger partial charge in [-0.2, -0.15) is 0 Å². The zero-order valence-corrected chi connectivity index (χ0v) is 13.5. The SMILES string of the molecule is CNC(=O)COC1C(O)[C@@H](CO)O[C@H]1n1cc(C)c(=O)[nH]c1=S. The number of rotatable bonds is 5. The minimum atomic E-state index is -1.15. The summed E-state index contributed by atoms with van der Waals surface area (Å²) >= 11 is 5.11. The van der Waals surface area contributed by atoms with Crippen LogP contribution in [0.3, 0.4) is 0 Å². The first kappa shape index (κ1) is 17.8. The van der Waals surface area contributed by atoms with E-state index in [1.54, 1.807) is 6.92 Å². The fourth-order valence-corrected chi connectivity index (χ4v) is 2.54. The highest BCUT2D eigenvalue weighted by Gasteiger charge is 2.45. The minimum absolute atomic E-state index is 0.0879. The average molecular weight is 345 g/mol. The van der Waals surface area contributed by atoms with Gasteiger partial charge in [0.05, 0.1) is 6.61 Å². The zero-order chi connectivity index (χ0) is 17.1. The number of nitrogens with one attached hydrogen (secondary N) is 2. The van der Waals surface area contributed by atoms with Gasteiger partial charge in [-0.25, -0.2) is 0 Å². The summed E-state index contributed by atoms with van der Waals surface area (Å²) in [4.78, 5) is 25.4. The van der Waals surface area contributed by atoms with Crippen LogP contribution in [0.5, 0.6) is 0 Å². The molecule has 4 atom stereocenters. The Kier molecular flexibility index (Phi) is 5.65. The molecule has 2 rings (SSSR count). The van der Waals surface area contributed by atoms with Crippen LogP contribution in [0.15, 0.2) is 11.0 Å². The summed E-state index contributed by atoms with van der Waals surface area (Å²) in [6.07, 6.45) is -2.36. The summed E-state index contributed by atoms with van der Waals surface area (Å²) in [5, 5.41) is 21.9. The molecule has 1 aromatic rings. The van der Waals surface area contributed by atoms with Crippen LogP contribution in [0, 0.1) is 11.7 Å². The number of amides is 1. The first-order valence-corrected chi connectivity index (χ1v) is 7.38. The van der Waals surface area contributed by atoms with Crippen LogP contribution < -0.4 is 10.9 Å². The molecule has 1 aliphatic rings. The summed E-state index contributed by atoms with van der Waals surface area (Å²) in [5.41, 5.74) is 0.0699. The van der Waals surface area contributed by atoms with E-state index in [1.807, 2.05) is 0 Å². The normalized spacial score (nSPS) is 27.1. The molecule has 2 heterocycles. The maximum Gasteiger partial charge on any atom is 0.254 e. The third-order valence-electron chi connectivity index (χ3n) is 3.60. The van der Waals surface area contributed by atoms with Crippen molar-refractivity contribution in [3.63, 3.8) is 0 Å². The maximum absolute atomic E-state index is 11.6. The second-order valence-corrected chi connectivity index (χ2v) is 5.55. The van der Waals surface area contributed by atoms with Crippen LogP contribution in [-0.2, 0) is 14.3 Å². The Hall–Kier alpha value is -1.59. The van der Waals surface area contributed by atoms with Crippen molar-refractivity contribution in [2.45, 2.75) is 31.5 Å². The van der Waals surface area contributed by atoms with Gasteiger partial charge >= 0.3 is 0 Å². The number of aliphatic hydroxyl groups excluding tert-OH is 2. The van der Waals surface area contributed by atoms with E-state index < -0.39 is 31.1 Å². The molecule has 4 N–H and O–H groups in total. The lowest BCUT2D eigenvalue weighted by atomic mass is 10.1. The third kappa shape index (κ3) is 3.67. The number of aromatic amines is 1. The van der Waals surface area contributed by atoms with Crippen LogP contribution in [0.2, 0.25) is 0 Å². The molecular formula is C13H19N3O6S. The number of carbonyl (C=O) groups excluding carboxylic acids is 1. The summed E-state index contributed by atoms with van der Waals surface area (Å²) in [6.45, 7) is 0.887. The van der Waals surface area contributed by atoms with E-state index in [0.29, 0.717) is 5.56 Å². The summed E-state index contributed by atoms with van der Waals surface area (Å²) in [5.74, 6) is -0.371. The Morgan fingerprint density at radius 3 is 2.91 bits per heavy atom.